The van der Waals surface area contributed by atoms with E-state index in [9.17, 15) is 14.7 Å². The zero-order chi connectivity index (χ0) is 16.8. The number of aromatic nitrogens is 1. The van der Waals surface area contributed by atoms with Crippen LogP contribution in [-0.4, -0.2) is 46.3 Å². The summed E-state index contributed by atoms with van der Waals surface area (Å²) in [6.45, 7) is 4.76. The van der Waals surface area contributed by atoms with E-state index in [1.807, 2.05) is 13.0 Å². The van der Waals surface area contributed by atoms with E-state index in [-0.39, 0.29) is 25.5 Å². The fourth-order valence-electron chi connectivity index (χ4n) is 1.65. The molecule has 0 aliphatic carbocycles. The number of rotatable bonds is 7. The van der Waals surface area contributed by atoms with Crippen molar-refractivity contribution < 1.29 is 19.8 Å². The number of pyridine rings is 1. The summed E-state index contributed by atoms with van der Waals surface area (Å²) in [5, 5.41) is 24.0. The van der Waals surface area contributed by atoms with Crippen LogP contribution in [0, 0.1) is 12.3 Å². The van der Waals surface area contributed by atoms with E-state index < -0.39 is 17.4 Å². The van der Waals surface area contributed by atoms with Crippen molar-refractivity contribution >= 4 is 17.6 Å². The largest absolute Gasteiger partial charge is 0.396 e. The maximum atomic E-state index is 11.8. The molecule has 1 atom stereocenters. The zero-order valence-corrected chi connectivity index (χ0v) is 13.1. The molecule has 0 bridgehead atoms. The smallest absolute Gasteiger partial charge is 0.249 e. The fourth-order valence-corrected chi connectivity index (χ4v) is 1.65. The molecule has 0 unspecified atom stereocenters. The minimum Gasteiger partial charge on any atom is -0.396 e. The van der Waals surface area contributed by atoms with Gasteiger partial charge < -0.3 is 20.8 Å². The van der Waals surface area contributed by atoms with Crippen LogP contribution < -0.4 is 10.6 Å². The molecule has 7 nitrogen and oxygen atoms in total. The number of hydrogen-bond acceptors (Lipinski definition) is 5. The maximum absolute atomic E-state index is 11.8. The lowest BCUT2D eigenvalue weighted by Gasteiger charge is -2.27. The second-order valence-electron chi connectivity index (χ2n) is 5.81. The lowest BCUT2D eigenvalue weighted by Crippen LogP contribution is -2.46. The van der Waals surface area contributed by atoms with E-state index in [0.717, 1.165) is 5.56 Å². The number of amides is 2. The third-order valence-corrected chi connectivity index (χ3v) is 3.31. The van der Waals surface area contributed by atoms with Crippen LogP contribution in [0.2, 0.25) is 0 Å². The first-order chi connectivity index (χ1) is 10.3. The average Bonchev–Trinajstić information content (AvgIpc) is 2.48. The Labute approximate surface area is 129 Å². The number of anilines is 1. The number of aliphatic hydroxyl groups is 2. The molecule has 22 heavy (non-hydrogen) atoms. The Bertz CT molecular complexity index is 531. The Hall–Kier alpha value is -1.99. The van der Waals surface area contributed by atoms with E-state index >= 15 is 0 Å². The quantitative estimate of drug-likeness (QED) is 0.575. The van der Waals surface area contributed by atoms with Gasteiger partial charge in [0, 0.05) is 24.6 Å². The van der Waals surface area contributed by atoms with Crippen molar-refractivity contribution in [2.24, 2.45) is 5.41 Å². The van der Waals surface area contributed by atoms with Gasteiger partial charge in [0.2, 0.25) is 11.8 Å². The van der Waals surface area contributed by atoms with Crippen molar-refractivity contribution in [1.82, 2.24) is 10.3 Å². The Morgan fingerprint density at radius 2 is 2.09 bits per heavy atom. The summed E-state index contributed by atoms with van der Waals surface area (Å²) in [6.07, 6.45) is 0.310. The maximum Gasteiger partial charge on any atom is 0.249 e. The minimum atomic E-state index is -1.33. The Kier molecular flexibility index (Phi) is 6.45. The van der Waals surface area contributed by atoms with Crippen LogP contribution in [0.3, 0.4) is 0 Å². The molecule has 0 aliphatic heterocycles. The molecule has 2 amide bonds. The molecule has 0 saturated heterocycles. The van der Waals surface area contributed by atoms with E-state index in [0.29, 0.717) is 5.82 Å². The molecule has 1 aromatic heterocycles. The molecule has 0 aliphatic rings. The Balaban J connectivity index is 2.40. The highest BCUT2D eigenvalue weighted by atomic mass is 16.3. The number of aliphatic hydroxyl groups excluding tert-OH is 2. The summed E-state index contributed by atoms with van der Waals surface area (Å²) < 4.78 is 0. The van der Waals surface area contributed by atoms with Gasteiger partial charge in [-0.3, -0.25) is 9.59 Å². The number of hydrogen-bond donors (Lipinski definition) is 4. The van der Waals surface area contributed by atoms with Gasteiger partial charge in [-0.15, -0.1) is 0 Å². The van der Waals surface area contributed by atoms with Gasteiger partial charge >= 0.3 is 0 Å². The highest BCUT2D eigenvalue weighted by Gasteiger charge is 2.32. The highest BCUT2D eigenvalue weighted by Crippen LogP contribution is 2.19. The zero-order valence-electron chi connectivity index (χ0n) is 13.1. The lowest BCUT2D eigenvalue weighted by atomic mass is 9.87. The van der Waals surface area contributed by atoms with E-state index in [2.05, 4.69) is 15.6 Å². The topological polar surface area (TPSA) is 112 Å². The van der Waals surface area contributed by atoms with E-state index in [4.69, 9.17) is 5.11 Å². The molecule has 1 heterocycles. The number of carbonyl (C=O) groups excluding carboxylic acids is 2. The summed E-state index contributed by atoms with van der Waals surface area (Å²) >= 11 is 0. The molecular formula is C15H23N3O4. The normalized spacial score (nSPS) is 12.6. The van der Waals surface area contributed by atoms with Gasteiger partial charge in [0.1, 0.15) is 11.9 Å². The van der Waals surface area contributed by atoms with Crippen LogP contribution >= 0.6 is 0 Å². The predicted octanol–water partition coefficient (Wildman–Crippen LogP) is 0.214. The second-order valence-corrected chi connectivity index (χ2v) is 5.81. The molecule has 0 aromatic carbocycles. The van der Waals surface area contributed by atoms with Crippen molar-refractivity contribution in [1.29, 1.82) is 0 Å². The Morgan fingerprint density at radius 1 is 1.41 bits per heavy atom. The number of carbonyl (C=O) groups is 2. The first-order valence-electron chi connectivity index (χ1n) is 7.06. The van der Waals surface area contributed by atoms with Crippen LogP contribution in [-0.2, 0) is 9.59 Å². The van der Waals surface area contributed by atoms with Gasteiger partial charge in [-0.05, 0) is 18.6 Å². The van der Waals surface area contributed by atoms with Crippen molar-refractivity contribution in [3.63, 3.8) is 0 Å². The van der Waals surface area contributed by atoms with Crippen LogP contribution in [0.1, 0.15) is 25.8 Å². The van der Waals surface area contributed by atoms with Gasteiger partial charge in [-0.25, -0.2) is 4.98 Å². The van der Waals surface area contributed by atoms with Gasteiger partial charge in [-0.2, -0.15) is 0 Å². The van der Waals surface area contributed by atoms with Gasteiger partial charge in [0.15, 0.2) is 0 Å². The monoisotopic (exact) mass is 309 g/mol. The summed E-state index contributed by atoms with van der Waals surface area (Å²) in [4.78, 5) is 27.5. The predicted molar refractivity (Wildman–Crippen MR) is 82.1 cm³/mol. The molecule has 122 valence electrons. The van der Waals surface area contributed by atoms with Crippen molar-refractivity contribution in [3.8, 4) is 0 Å². The molecule has 7 heteroatoms. The van der Waals surface area contributed by atoms with E-state index in [1.165, 1.54) is 0 Å². The summed E-state index contributed by atoms with van der Waals surface area (Å²) in [5.74, 6) is -0.404. The van der Waals surface area contributed by atoms with Crippen LogP contribution in [0.15, 0.2) is 18.3 Å². The first-order valence-corrected chi connectivity index (χ1v) is 7.06. The lowest BCUT2D eigenvalue weighted by molar-refractivity contribution is -0.137. The SMILES string of the molecule is Cc1cccnc1NC(=O)CCNC(=O)[C@H](O)C(C)(C)CO. The van der Waals surface area contributed by atoms with Gasteiger partial charge in [0.25, 0.3) is 0 Å². The molecule has 1 aromatic rings. The van der Waals surface area contributed by atoms with Crippen molar-refractivity contribution in [3.05, 3.63) is 23.9 Å². The standard InChI is InChI=1S/C15H23N3O4/c1-10-5-4-7-16-13(10)18-11(20)6-8-17-14(22)12(21)15(2,3)9-19/h4-5,7,12,19,21H,6,8-9H2,1-3H3,(H,17,22)(H,16,18,20)/t12-/m0/s1. The summed E-state index contributed by atoms with van der Waals surface area (Å²) in [6, 6.07) is 3.60. The average molecular weight is 309 g/mol. The molecule has 4 N–H and O–H groups in total. The minimum absolute atomic E-state index is 0.0635. The summed E-state index contributed by atoms with van der Waals surface area (Å²) in [7, 11) is 0. The molecule has 0 spiro atoms. The number of aryl methyl sites for hydroxylation is 1. The highest BCUT2D eigenvalue weighted by molar-refractivity contribution is 5.91. The molecule has 0 radical (unpaired) electrons. The van der Waals surface area contributed by atoms with Crippen molar-refractivity contribution in [2.45, 2.75) is 33.3 Å². The fraction of sp³-hybridized carbons (Fsp3) is 0.533. The molecular weight excluding hydrogens is 286 g/mol. The first kappa shape index (κ1) is 18.1. The van der Waals surface area contributed by atoms with Crippen LogP contribution in [0.5, 0.6) is 0 Å². The van der Waals surface area contributed by atoms with Crippen LogP contribution in [0.4, 0.5) is 5.82 Å². The second kappa shape index (κ2) is 7.86. The number of nitrogens with one attached hydrogen (secondary N) is 2. The molecule has 0 saturated carbocycles. The molecule has 1 rings (SSSR count). The number of nitrogens with zero attached hydrogens (tertiary/aromatic N) is 1. The van der Waals surface area contributed by atoms with Crippen molar-refractivity contribution in [2.75, 3.05) is 18.5 Å². The van der Waals surface area contributed by atoms with Crippen LogP contribution in [0.25, 0.3) is 0 Å². The Morgan fingerprint density at radius 3 is 2.68 bits per heavy atom. The van der Waals surface area contributed by atoms with Gasteiger partial charge in [-0.1, -0.05) is 19.9 Å². The van der Waals surface area contributed by atoms with Gasteiger partial charge in [0.05, 0.1) is 6.61 Å². The van der Waals surface area contributed by atoms with E-state index in [1.54, 1.807) is 26.1 Å². The third-order valence-electron chi connectivity index (χ3n) is 3.31. The third kappa shape index (κ3) is 5.09. The summed E-state index contributed by atoms with van der Waals surface area (Å²) in [5.41, 5.74) is -0.0859. The molecule has 0 fully saturated rings.